The molecule has 128 valence electrons. The van der Waals surface area contributed by atoms with Gasteiger partial charge in [0.1, 0.15) is 0 Å². The molecular formula is C21H23N3O. The Morgan fingerprint density at radius 3 is 2.36 bits per heavy atom. The third-order valence-corrected chi connectivity index (χ3v) is 4.17. The predicted molar refractivity (Wildman–Crippen MR) is 99.5 cm³/mol. The van der Waals surface area contributed by atoms with Crippen molar-refractivity contribution in [2.45, 2.75) is 32.4 Å². The number of nitrogens with zero attached hydrogens (tertiary/aromatic N) is 2. The van der Waals surface area contributed by atoms with Crippen LogP contribution in [0, 0.1) is 0 Å². The molecule has 0 spiro atoms. The molecule has 1 unspecified atom stereocenters. The Morgan fingerprint density at radius 2 is 1.68 bits per heavy atom. The fraction of sp³-hybridized carbons (Fsp3) is 0.238. The van der Waals surface area contributed by atoms with Crippen LogP contribution in [0.3, 0.4) is 0 Å². The van der Waals surface area contributed by atoms with Crippen LogP contribution in [0.1, 0.15) is 34.8 Å². The van der Waals surface area contributed by atoms with E-state index in [1.165, 1.54) is 5.56 Å². The standard InChI is InChI=1S/C21H23N3O/c1-17(12-13-18-8-4-2-5-9-18)23-21(25)20-14-22-24(16-20)15-19-10-6-3-7-11-19/h2-11,14,16-17H,12-13,15H2,1H3,(H,23,25). The van der Waals surface area contributed by atoms with Crippen molar-refractivity contribution in [3.05, 3.63) is 89.7 Å². The van der Waals surface area contributed by atoms with Gasteiger partial charge >= 0.3 is 0 Å². The summed E-state index contributed by atoms with van der Waals surface area (Å²) in [4.78, 5) is 12.4. The topological polar surface area (TPSA) is 46.9 Å². The van der Waals surface area contributed by atoms with Gasteiger partial charge < -0.3 is 5.32 Å². The van der Waals surface area contributed by atoms with Crippen molar-refractivity contribution in [3.8, 4) is 0 Å². The second-order valence-electron chi connectivity index (χ2n) is 6.31. The van der Waals surface area contributed by atoms with E-state index in [2.05, 4.69) is 22.5 Å². The minimum Gasteiger partial charge on any atom is -0.349 e. The van der Waals surface area contributed by atoms with Crippen molar-refractivity contribution in [3.63, 3.8) is 0 Å². The number of aromatic nitrogens is 2. The summed E-state index contributed by atoms with van der Waals surface area (Å²) in [5, 5.41) is 7.34. The minimum absolute atomic E-state index is 0.0696. The SMILES string of the molecule is CC(CCc1ccccc1)NC(=O)c1cnn(Cc2ccccc2)c1. The molecule has 4 heteroatoms. The molecule has 0 aliphatic rings. The zero-order chi connectivity index (χ0) is 17.5. The van der Waals surface area contributed by atoms with Crippen LogP contribution >= 0.6 is 0 Å². The molecule has 1 aromatic heterocycles. The summed E-state index contributed by atoms with van der Waals surface area (Å²) in [6.45, 7) is 2.70. The van der Waals surface area contributed by atoms with Crippen LogP contribution in [0.2, 0.25) is 0 Å². The van der Waals surface area contributed by atoms with Gasteiger partial charge in [-0.3, -0.25) is 9.48 Å². The highest BCUT2D eigenvalue weighted by molar-refractivity contribution is 5.93. The third-order valence-electron chi connectivity index (χ3n) is 4.17. The van der Waals surface area contributed by atoms with Gasteiger partial charge in [0.2, 0.25) is 0 Å². The van der Waals surface area contributed by atoms with Crippen LogP contribution in [0.5, 0.6) is 0 Å². The zero-order valence-corrected chi connectivity index (χ0v) is 14.4. The Kier molecular flexibility index (Phi) is 5.62. The second-order valence-corrected chi connectivity index (χ2v) is 6.31. The first-order chi connectivity index (χ1) is 12.2. The Hall–Kier alpha value is -2.88. The molecule has 0 bridgehead atoms. The molecule has 4 nitrogen and oxygen atoms in total. The molecular weight excluding hydrogens is 310 g/mol. The van der Waals surface area contributed by atoms with E-state index in [1.807, 2.05) is 55.5 Å². The van der Waals surface area contributed by atoms with E-state index < -0.39 is 0 Å². The molecule has 0 saturated carbocycles. The molecule has 1 amide bonds. The molecule has 25 heavy (non-hydrogen) atoms. The van der Waals surface area contributed by atoms with Crippen LogP contribution in [0.25, 0.3) is 0 Å². The van der Waals surface area contributed by atoms with Crippen molar-refractivity contribution >= 4 is 5.91 Å². The number of amides is 1. The number of hydrogen-bond donors (Lipinski definition) is 1. The third kappa shape index (κ3) is 5.05. The summed E-state index contributed by atoms with van der Waals surface area (Å²) >= 11 is 0. The highest BCUT2D eigenvalue weighted by Gasteiger charge is 2.12. The Morgan fingerprint density at radius 1 is 1.04 bits per heavy atom. The molecule has 0 saturated heterocycles. The van der Waals surface area contributed by atoms with Crippen molar-refractivity contribution in [1.29, 1.82) is 0 Å². The van der Waals surface area contributed by atoms with Crippen molar-refractivity contribution in [2.24, 2.45) is 0 Å². The van der Waals surface area contributed by atoms with Crippen molar-refractivity contribution in [2.75, 3.05) is 0 Å². The lowest BCUT2D eigenvalue weighted by Crippen LogP contribution is -2.32. The summed E-state index contributed by atoms with van der Waals surface area (Å²) in [5.41, 5.74) is 3.05. The van der Waals surface area contributed by atoms with E-state index in [0.29, 0.717) is 12.1 Å². The zero-order valence-electron chi connectivity index (χ0n) is 14.4. The van der Waals surface area contributed by atoms with E-state index in [4.69, 9.17) is 0 Å². The first kappa shape index (κ1) is 17.0. The van der Waals surface area contributed by atoms with Crippen molar-refractivity contribution in [1.82, 2.24) is 15.1 Å². The van der Waals surface area contributed by atoms with Gasteiger partial charge in [0.15, 0.2) is 0 Å². The van der Waals surface area contributed by atoms with Crippen molar-refractivity contribution < 1.29 is 4.79 Å². The fourth-order valence-electron chi connectivity index (χ4n) is 2.74. The first-order valence-corrected chi connectivity index (χ1v) is 8.62. The summed E-state index contributed by atoms with van der Waals surface area (Å²) in [7, 11) is 0. The number of hydrogen-bond acceptors (Lipinski definition) is 2. The van der Waals surface area contributed by atoms with Gasteiger partial charge in [-0.05, 0) is 30.9 Å². The molecule has 1 atom stereocenters. The Labute approximate surface area is 148 Å². The van der Waals surface area contributed by atoms with Crippen LogP contribution in [-0.2, 0) is 13.0 Å². The maximum atomic E-state index is 12.4. The van der Waals surface area contributed by atoms with Gasteiger partial charge in [-0.1, -0.05) is 60.7 Å². The first-order valence-electron chi connectivity index (χ1n) is 8.62. The number of carbonyl (C=O) groups excluding carboxylic acids is 1. The lowest BCUT2D eigenvalue weighted by Gasteiger charge is -2.13. The van der Waals surface area contributed by atoms with Gasteiger partial charge in [-0.25, -0.2) is 0 Å². The van der Waals surface area contributed by atoms with E-state index in [1.54, 1.807) is 17.1 Å². The largest absolute Gasteiger partial charge is 0.349 e. The summed E-state index contributed by atoms with van der Waals surface area (Å²) in [6, 6.07) is 20.5. The lowest BCUT2D eigenvalue weighted by atomic mass is 10.1. The molecule has 0 aliphatic carbocycles. The molecule has 0 radical (unpaired) electrons. The van der Waals surface area contributed by atoms with E-state index >= 15 is 0 Å². The molecule has 0 aliphatic heterocycles. The average molecular weight is 333 g/mol. The number of benzene rings is 2. The summed E-state index contributed by atoms with van der Waals surface area (Å²) in [6.07, 6.45) is 5.29. The van der Waals surface area contributed by atoms with E-state index in [-0.39, 0.29) is 11.9 Å². The molecule has 1 N–H and O–H groups in total. The molecule has 1 heterocycles. The maximum absolute atomic E-state index is 12.4. The minimum atomic E-state index is -0.0696. The lowest BCUT2D eigenvalue weighted by molar-refractivity contribution is 0.0938. The van der Waals surface area contributed by atoms with Gasteiger partial charge in [0.25, 0.3) is 5.91 Å². The molecule has 3 rings (SSSR count). The summed E-state index contributed by atoms with van der Waals surface area (Å²) < 4.78 is 1.79. The maximum Gasteiger partial charge on any atom is 0.254 e. The van der Waals surface area contributed by atoms with Gasteiger partial charge in [-0.2, -0.15) is 5.10 Å². The van der Waals surface area contributed by atoms with Gasteiger partial charge in [-0.15, -0.1) is 0 Å². The number of aryl methyl sites for hydroxylation is 1. The van der Waals surface area contributed by atoms with E-state index in [0.717, 1.165) is 18.4 Å². The normalized spacial score (nSPS) is 11.9. The fourth-order valence-corrected chi connectivity index (χ4v) is 2.74. The molecule has 2 aromatic carbocycles. The average Bonchev–Trinajstić information content (AvgIpc) is 3.10. The Bertz CT molecular complexity index is 796. The monoisotopic (exact) mass is 333 g/mol. The predicted octanol–water partition coefficient (Wildman–Crippen LogP) is 3.68. The van der Waals surface area contributed by atoms with Crippen LogP contribution in [0.15, 0.2) is 73.1 Å². The molecule has 0 fully saturated rings. The second kappa shape index (κ2) is 8.29. The number of rotatable bonds is 7. The molecule has 3 aromatic rings. The number of nitrogens with one attached hydrogen (secondary N) is 1. The highest BCUT2D eigenvalue weighted by Crippen LogP contribution is 2.07. The van der Waals surface area contributed by atoms with Crippen LogP contribution in [0.4, 0.5) is 0 Å². The smallest absolute Gasteiger partial charge is 0.254 e. The van der Waals surface area contributed by atoms with E-state index in [9.17, 15) is 4.79 Å². The van der Waals surface area contributed by atoms with Gasteiger partial charge in [0.05, 0.1) is 18.3 Å². The van der Waals surface area contributed by atoms with Crippen LogP contribution < -0.4 is 5.32 Å². The Balaban J connectivity index is 1.51. The summed E-state index contributed by atoms with van der Waals surface area (Å²) in [5.74, 6) is -0.0696. The highest BCUT2D eigenvalue weighted by atomic mass is 16.1. The van der Waals surface area contributed by atoms with Crippen LogP contribution in [-0.4, -0.2) is 21.7 Å². The quantitative estimate of drug-likeness (QED) is 0.717. The number of carbonyl (C=O) groups is 1. The van der Waals surface area contributed by atoms with Gasteiger partial charge in [0, 0.05) is 12.2 Å².